The highest BCUT2D eigenvalue weighted by Gasteiger charge is 2.26. The van der Waals surface area contributed by atoms with E-state index < -0.39 is 0 Å². The Labute approximate surface area is 192 Å². The molecule has 1 aliphatic rings. The van der Waals surface area contributed by atoms with Gasteiger partial charge in [-0.3, -0.25) is 9.58 Å². The van der Waals surface area contributed by atoms with Gasteiger partial charge in [-0.05, 0) is 56.1 Å². The minimum absolute atomic E-state index is 0.181. The molecule has 0 aliphatic carbocycles. The van der Waals surface area contributed by atoms with Crippen molar-refractivity contribution in [1.82, 2.24) is 35.1 Å². The SMILES string of the molecule is Cc1cc(F)ccc1CN(C)C1CCN(c2nnc(-c3ccnn3C)c3cnncc23)CC1. The molecule has 3 aromatic heterocycles. The highest BCUT2D eigenvalue weighted by Crippen LogP contribution is 2.32. The van der Waals surface area contributed by atoms with Crippen LogP contribution in [0.15, 0.2) is 42.9 Å². The van der Waals surface area contributed by atoms with Crippen LogP contribution in [0, 0.1) is 12.7 Å². The van der Waals surface area contributed by atoms with Gasteiger partial charge < -0.3 is 4.90 Å². The highest BCUT2D eigenvalue weighted by atomic mass is 19.1. The number of nitrogens with zero attached hydrogens (tertiary/aromatic N) is 8. The summed E-state index contributed by atoms with van der Waals surface area (Å²) in [6.45, 7) is 4.55. The molecule has 0 saturated carbocycles. The first-order valence-electron chi connectivity index (χ1n) is 11.2. The number of fused-ring (bicyclic) bond motifs is 1. The van der Waals surface area contributed by atoms with Gasteiger partial charge in [-0.25, -0.2) is 4.39 Å². The van der Waals surface area contributed by atoms with Crippen molar-refractivity contribution in [2.24, 2.45) is 7.05 Å². The fourth-order valence-electron chi connectivity index (χ4n) is 4.68. The summed E-state index contributed by atoms with van der Waals surface area (Å²) in [6, 6.07) is 7.42. The molecule has 0 amide bonds. The minimum Gasteiger partial charge on any atom is -0.354 e. The normalized spacial score (nSPS) is 15.0. The van der Waals surface area contributed by atoms with Crippen LogP contribution in [0.1, 0.15) is 24.0 Å². The number of hydrogen-bond acceptors (Lipinski definition) is 7. The zero-order valence-electron chi connectivity index (χ0n) is 19.1. The maximum absolute atomic E-state index is 13.4. The second kappa shape index (κ2) is 8.82. The maximum Gasteiger partial charge on any atom is 0.160 e. The number of hydrogen-bond donors (Lipinski definition) is 0. The van der Waals surface area contributed by atoms with Crippen LogP contribution in [-0.2, 0) is 13.6 Å². The third kappa shape index (κ3) is 4.16. The molecule has 1 aromatic carbocycles. The molecule has 1 aliphatic heterocycles. The van der Waals surface area contributed by atoms with Gasteiger partial charge in [0.15, 0.2) is 5.82 Å². The first kappa shape index (κ1) is 21.4. The Balaban J connectivity index is 1.33. The smallest absolute Gasteiger partial charge is 0.160 e. The van der Waals surface area contributed by atoms with E-state index in [1.807, 2.05) is 26.1 Å². The number of aromatic nitrogens is 6. The van der Waals surface area contributed by atoms with Gasteiger partial charge in [-0.15, -0.1) is 10.2 Å². The van der Waals surface area contributed by atoms with Crippen LogP contribution < -0.4 is 4.90 Å². The summed E-state index contributed by atoms with van der Waals surface area (Å²) >= 11 is 0. The Hall–Kier alpha value is -3.46. The number of benzene rings is 1. The third-order valence-corrected chi connectivity index (χ3v) is 6.65. The summed E-state index contributed by atoms with van der Waals surface area (Å²) in [7, 11) is 4.04. The number of halogens is 1. The second-order valence-corrected chi connectivity index (χ2v) is 8.73. The number of piperidine rings is 1. The van der Waals surface area contributed by atoms with Crippen molar-refractivity contribution in [2.75, 3.05) is 25.0 Å². The summed E-state index contributed by atoms with van der Waals surface area (Å²) in [5.74, 6) is 0.668. The van der Waals surface area contributed by atoms with Gasteiger partial charge in [0.1, 0.15) is 11.5 Å². The summed E-state index contributed by atoms with van der Waals surface area (Å²) < 4.78 is 15.2. The van der Waals surface area contributed by atoms with E-state index in [1.165, 1.54) is 5.56 Å². The van der Waals surface area contributed by atoms with E-state index >= 15 is 0 Å². The van der Waals surface area contributed by atoms with Crippen LogP contribution in [0.4, 0.5) is 10.2 Å². The zero-order chi connectivity index (χ0) is 22.9. The van der Waals surface area contributed by atoms with Gasteiger partial charge >= 0.3 is 0 Å². The van der Waals surface area contributed by atoms with Crippen molar-refractivity contribution < 1.29 is 4.39 Å². The van der Waals surface area contributed by atoms with Gasteiger partial charge in [-0.2, -0.15) is 15.3 Å². The van der Waals surface area contributed by atoms with E-state index in [2.05, 4.69) is 42.3 Å². The van der Waals surface area contributed by atoms with E-state index in [9.17, 15) is 4.39 Å². The van der Waals surface area contributed by atoms with Crippen LogP contribution in [0.2, 0.25) is 0 Å². The van der Waals surface area contributed by atoms with Crippen molar-refractivity contribution in [3.8, 4) is 11.4 Å². The summed E-state index contributed by atoms with van der Waals surface area (Å²) in [5, 5.41) is 23.5. The molecule has 8 nitrogen and oxygen atoms in total. The van der Waals surface area contributed by atoms with E-state index in [4.69, 9.17) is 0 Å². The largest absolute Gasteiger partial charge is 0.354 e. The topological polar surface area (TPSA) is 75.9 Å². The molecule has 0 radical (unpaired) electrons. The Morgan fingerprint density at radius 2 is 1.82 bits per heavy atom. The van der Waals surface area contributed by atoms with Gasteiger partial charge in [0.05, 0.1) is 23.5 Å². The molecular weight excluding hydrogens is 419 g/mol. The van der Waals surface area contributed by atoms with E-state index in [0.29, 0.717) is 6.04 Å². The molecule has 1 fully saturated rings. The van der Waals surface area contributed by atoms with Crippen LogP contribution in [0.5, 0.6) is 0 Å². The third-order valence-electron chi connectivity index (χ3n) is 6.65. The molecule has 4 heterocycles. The maximum atomic E-state index is 13.4. The van der Waals surface area contributed by atoms with Crippen molar-refractivity contribution in [3.05, 3.63) is 59.8 Å². The molecule has 33 heavy (non-hydrogen) atoms. The lowest BCUT2D eigenvalue weighted by Gasteiger charge is -2.37. The predicted molar refractivity (Wildman–Crippen MR) is 125 cm³/mol. The van der Waals surface area contributed by atoms with Crippen molar-refractivity contribution in [3.63, 3.8) is 0 Å². The number of anilines is 1. The van der Waals surface area contributed by atoms with Crippen molar-refractivity contribution in [2.45, 2.75) is 32.4 Å². The first-order chi connectivity index (χ1) is 16.0. The summed E-state index contributed by atoms with van der Waals surface area (Å²) in [6.07, 6.45) is 7.31. The lowest BCUT2D eigenvalue weighted by Crippen LogP contribution is -2.43. The summed E-state index contributed by atoms with van der Waals surface area (Å²) in [5.41, 5.74) is 3.81. The van der Waals surface area contributed by atoms with Crippen molar-refractivity contribution >= 4 is 16.6 Å². The quantitative estimate of drug-likeness (QED) is 0.465. The van der Waals surface area contributed by atoms with Crippen molar-refractivity contribution in [1.29, 1.82) is 0 Å². The van der Waals surface area contributed by atoms with E-state index in [0.717, 1.165) is 66.0 Å². The average Bonchev–Trinajstić information content (AvgIpc) is 3.26. The molecule has 0 bridgehead atoms. The number of aryl methyl sites for hydroxylation is 2. The van der Waals surface area contributed by atoms with Gasteiger partial charge in [-0.1, -0.05) is 6.07 Å². The molecule has 170 valence electrons. The fourth-order valence-corrected chi connectivity index (χ4v) is 4.68. The van der Waals surface area contributed by atoms with Crippen LogP contribution in [0.25, 0.3) is 22.2 Å². The molecule has 5 rings (SSSR count). The minimum atomic E-state index is -0.181. The molecule has 0 N–H and O–H groups in total. The lowest BCUT2D eigenvalue weighted by atomic mass is 10.0. The van der Waals surface area contributed by atoms with Gasteiger partial charge in [0.25, 0.3) is 0 Å². The molecule has 0 atom stereocenters. The van der Waals surface area contributed by atoms with Gasteiger partial charge in [0, 0.05) is 44.3 Å². The zero-order valence-corrected chi connectivity index (χ0v) is 19.1. The molecule has 0 spiro atoms. The lowest BCUT2D eigenvalue weighted by molar-refractivity contribution is 0.200. The first-order valence-corrected chi connectivity index (χ1v) is 11.2. The Morgan fingerprint density at radius 1 is 1.06 bits per heavy atom. The average molecular weight is 447 g/mol. The molecule has 0 unspecified atom stereocenters. The predicted octanol–water partition coefficient (Wildman–Crippen LogP) is 3.37. The van der Waals surface area contributed by atoms with Crippen LogP contribution in [0.3, 0.4) is 0 Å². The van der Waals surface area contributed by atoms with Gasteiger partial charge in [0.2, 0.25) is 0 Å². The number of rotatable bonds is 5. The van der Waals surface area contributed by atoms with Crippen LogP contribution in [-0.4, -0.2) is 61.3 Å². The molecular formula is C24H27FN8. The Morgan fingerprint density at radius 3 is 2.52 bits per heavy atom. The Bertz CT molecular complexity index is 1280. The van der Waals surface area contributed by atoms with E-state index in [1.54, 1.807) is 35.4 Å². The molecule has 4 aromatic rings. The second-order valence-electron chi connectivity index (χ2n) is 8.73. The van der Waals surface area contributed by atoms with Crippen LogP contribution >= 0.6 is 0 Å². The Kier molecular flexibility index (Phi) is 5.72. The highest BCUT2D eigenvalue weighted by molar-refractivity contribution is 5.98. The molecule has 9 heteroatoms. The molecule has 1 saturated heterocycles. The monoisotopic (exact) mass is 446 g/mol. The van der Waals surface area contributed by atoms with E-state index in [-0.39, 0.29) is 5.82 Å². The fraction of sp³-hybridized carbons (Fsp3) is 0.375. The summed E-state index contributed by atoms with van der Waals surface area (Å²) in [4.78, 5) is 4.66. The standard InChI is InChI=1S/C24H27FN8/c1-16-12-18(25)5-4-17(16)15-31(2)19-7-10-33(11-8-19)24-21-14-27-26-13-20(21)23(29-30-24)22-6-9-28-32(22)3/h4-6,9,12-14,19H,7-8,10-11,15H2,1-3H3.